The highest BCUT2D eigenvalue weighted by molar-refractivity contribution is 6.44. The number of pyridine rings is 1. The van der Waals surface area contributed by atoms with E-state index in [-0.39, 0.29) is 12.5 Å². The molecule has 0 fully saturated rings. The van der Waals surface area contributed by atoms with Gasteiger partial charge in [-0.2, -0.15) is 4.57 Å². The fourth-order valence-electron chi connectivity index (χ4n) is 1.61. The van der Waals surface area contributed by atoms with Crippen LogP contribution in [0.2, 0.25) is 15.1 Å². The number of nitrogens with one attached hydrogen (secondary N) is 1. The summed E-state index contributed by atoms with van der Waals surface area (Å²) in [7, 11) is 0. The van der Waals surface area contributed by atoms with Gasteiger partial charge < -0.3 is 5.32 Å². The zero-order valence-electron chi connectivity index (χ0n) is 10.7. The maximum absolute atomic E-state index is 11.9. The third-order valence-corrected chi connectivity index (χ3v) is 3.70. The van der Waals surface area contributed by atoms with Crippen LogP contribution in [0.3, 0.4) is 0 Å². The van der Waals surface area contributed by atoms with Crippen LogP contribution in [0.4, 0.5) is 5.69 Å². The molecule has 0 saturated heterocycles. The van der Waals surface area contributed by atoms with Gasteiger partial charge in [-0.15, -0.1) is 0 Å². The van der Waals surface area contributed by atoms with E-state index < -0.39 is 0 Å². The highest BCUT2D eigenvalue weighted by atomic mass is 35.5. The number of amides is 1. The Labute approximate surface area is 132 Å². The fourth-order valence-corrected chi connectivity index (χ4v) is 2.21. The first kappa shape index (κ1) is 15.1. The molecule has 6 heteroatoms. The number of benzene rings is 1. The Morgan fingerprint density at radius 1 is 1.10 bits per heavy atom. The Bertz CT molecular complexity index is 642. The fraction of sp³-hybridized carbons (Fsp3) is 0.143. The second-order valence-electron chi connectivity index (χ2n) is 4.34. The zero-order chi connectivity index (χ0) is 14.7. The van der Waals surface area contributed by atoms with Gasteiger partial charge in [0, 0.05) is 12.1 Å². The summed E-state index contributed by atoms with van der Waals surface area (Å²) >= 11 is 17.7. The summed E-state index contributed by atoms with van der Waals surface area (Å²) in [4.78, 5) is 11.9. The number of nitrogens with zero attached hydrogens (tertiary/aromatic N) is 1. The molecule has 1 aromatic heterocycles. The lowest BCUT2D eigenvalue weighted by Gasteiger charge is -2.07. The lowest BCUT2D eigenvalue weighted by molar-refractivity contribution is -0.684. The van der Waals surface area contributed by atoms with Gasteiger partial charge >= 0.3 is 0 Å². The van der Waals surface area contributed by atoms with Crippen molar-refractivity contribution in [3.8, 4) is 0 Å². The molecule has 1 amide bonds. The molecular formula is C14H12Cl3N2O+. The van der Waals surface area contributed by atoms with Crippen LogP contribution in [0, 0.1) is 6.92 Å². The molecule has 0 aliphatic carbocycles. The largest absolute Gasteiger partial charge is 0.319 e. The van der Waals surface area contributed by atoms with Crippen molar-refractivity contribution < 1.29 is 9.36 Å². The third kappa shape index (κ3) is 3.85. The maximum atomic E-state index is 11.9. The minimum absolute atomic E-state index is 0.191. The molecule has 1 heterocycles. The first-order valence-electron chi connectivity index (χ1n) is 5.86. The van der Waals surface area contributed by atoms with Crippen molar-refractivity contribution in [3.63, 3.8) is 0 Å². The summed E-state index contributed by atoms with van der Waals surface area (Å²) in [6.07, 6.45) is 3.68. The first-order valence-corrected chi connectivity index (χ1v) is 6.99. The molecule has 104 valence electrons. The molecular weight excluding hydrogens is 319 g/mol. The standard InChI is InChI=1S/C14H11Cl3N2O/c1-9-2-4-19(5-3-9)8-14(20)18-13-7-11(16)10(15)6-12(13)17/h2-7H,8H2,1H3/p+1. The molecule has 3 nitrogen and oxygen atoms in total. The molecule has 0 bridgehead atoms. The average molecular weight is 331 g/mol. The smallest absolute Gasteiger partial charge is 0.290 e. The van der Waals surface area contributed by atoms with Crippen LogP contribution in [0.5, 0.6) is 0 Å². The molecule has 20 heavy (non-hydrogen) atoms. The van der Waals surface area contributed by atoms with Gasteiger partial charge in [0.2, 0.25) is 6.54 Å². The Morgan fingerprint density at radius 2 is 1.70 bits per heavy atom. The summed E-state index contributed by atoms with van der Waals surface area (Å²) in [6, 6.07) is 6.89. The van der Waals surface area contributed by atoms with E-state index in [1.54, 1.807) is 4.57 Å². The molecule has 0 unspecified atom stereocenters. The number of aromatic nitrogens is 1. The van der Waals surface area contributed by atoms with Crippen molar-refractivity contribution in [2.24, 2.45) is 0 Å². The summed E-state index contributed by atoms with van der Waals surface area (Å²) in [5.74, 6) is -0.195. The molecule has 0 radical (unpaired) electrons. The van der Waals surface area contributed by atoms with Crippen LogP contribution in [-0.4, -0.2) is 5.91 Å². The van der Waals surface area contributed by atoms with Gasteiger partial charge in [-0.25, -0.2) is 0 Å². The highest BCUT2D eigenvalue weighted by Gasteiger charge is 2.12. The van der Waals surface area contributed by atoms with E-state index in [0.29, 0.717) is 20.8 Å². The number of anilines is 1. The van der Waals surface area contributed by atoms with Crippen molar-refractivity contribution in [1.29, 1.82) is 0 Å². The van der Waals surface area contributed by atoms with Crippen LogP contribution in [0.1, 0.15) is 5.56 Å². The van der Waals surface area contributed by atoms with Crippen LogP contribution < -0.4 is 9.88 Å². The number of hydrogen-bond acceptors (Lipinski definition) is 1. The van der Waals surface area contributed by atoms with Crippen molar-refractivity contribution >= 4 is 46.4 Å². The summed E-state index contributed by atoms with van der Waals surface area (Å²) in [6.45, 7) is 2.18. The Balaban J connectivity index is 2.08. The molecule has 0 aliphatic heterocycles. The third-order valence-electron chi connectivity index (χ3n) is 2.67. The van der Waals surface area contributed by atoms with Gasteiger partial charge in [-0.05, 0) is 24.6 Å². The number of carbonyl (C=O) groups is 1. The Kier molecular flexibility index (Phi) is 4.86. The van der Waals surface area contributed by atoms with Crippen LogP contribution in [0.15, 0.2) is 36.7 Å². The van der Waals surface area contributed by atoms with Crippen molar-refractivity contribution in [2.75, 3.05) is 5.32 Å². The zero-order valence-corrected chi connectivity index (χ0v) is 12.9. The Morgan fingerprint density at radius 3 is 2.35 bits per heavy atom. The first-order chi connectivity index (χ1) is 9.45. The van der Waals surface area contributed by atoms with Gasteiger partial charge in [-0.3, -0.25) is 4.79 Å². The van der Waals surface area contributed by atoms with Gasteiger partial charge in [0.05, 0.1) is 20.8 Å². The Hall–Kier alpha value is -1.29. The lowest BCUT2D eigenvalue weighted by Crippen LogP contribution is -2.39. The molecule has 1 aromatic carbocycles. The quantitative estimate of drug-likeness (QED) is 0.672. The SMILES string of the molecule is Cc1cc[n+](CC(=O)Nc2cc(Cl)c(Cl)cc2Cl)cc1. The average Bonchev–Trinajstić information content (AvgIpc) is 2.39. The van der Waals surface area contributed by atoms with E-state index in [9.17, 15) is 4.79 Å². The molecule has 0 spiro atoms. The lowest BCUT2D eigenvalue weighted by atomic mass is 10.3. The predicted octanol–water partition coefficient (Wildman–Crippen LogP) is 3.88. The molecule has 2 aromatic rings. The summed E-state index contributed by atoms with van der Waals surface area (Å²) < 4.78 is 1.77. The van der Waals surface area contributed by atoms with Crippen LogP contribution >= 0.6 is 34.8 Å². The second kappa shape index (κ2) is 6.44. The predicted molar refractivity (Wildman–Crippen MR) is 81.5 cm³/mol. The molecule has 0 atom stereocenters. The summed E-state index contributed by atoms with van der Waals surface area (Å²) in [5.41, 5.74) is 1.58. The van der Waals surface area contributed by atoms with Gasteiger partial charge in [-0.1, -0.05) is 34.8 Å². The molecule has 1 N–H and O–H groups in total. The van der Waals surface area contributed by atoms with E-state index in [1.165, 1.54) is 12.1 Å². The number of halogens is 3. The van der Waals surface area contributed by atoms with Crippen LogP contribution in [-0.2, 0) is 11.3 Å². The van der Waals surface area contributed by atoms with Crippen LogP contribution in [0.25, 0.3) is 0 Å². The minimum atomic E-state index is -0.195. The number of aryl methyl sites for hydroxylation is 1. The van der Waals surface area contributed by atoms with Gasteiger partial charge in [0.1, 0.15) is 0 Å². The van der Waals surface area contributed by atoms with Gasteiger partial charge in [0.25, 0.3) is 5.91 Å². The molecule has 2 rings (SSSR count). The minimum Gasteiger partial charge on any atom is -0.319 e. The van der Waals surface area contributed by atoms with E-state index >= 15 is 0 Å². The highest BCUT2D eigenvalue weighted by Crippen LogP contribution is 2.32. The van der Waals surface area contributed by atoms with E-state index in [0.717, 1.165) is 5.56 Å². The number of hydrogen-bond donors (Lipinski definition) is 1. The summed E-state index contributed by atoms with van der Waals surface area (Å²) in [5, 5.41) is 3.75. The molecule has 0 saturated carbocycles. The van der Waals surface area contributed by atoms with E-state index in [1.807, 2.05) is 31.5 Å². The normalized spacial score (nSPS) is 10.4. The second-order valence-corrected chi connectivity index (χ2v) is 5.56. The van der Waals surface area contributed by atoms with Crippen molar-refractivity contribution in [2.45, 2.75) is 13.5 Å². The van der Waals surface area contributed by atoms with Gasteiger partial charge in [0.15, 0.2) is 12.4 Å². The van der Waals surface area contributed by atoms with Crippen molar-refractivity contribution in [1.82, 2.24) is 0 Å². The monoisotopic (exact) mass is 329 g/mol. The van der Waals surface area contributed by atoms with E-state index in [2.05, 4.69) is 5.32 Å². The van der Waals surface area contributed by atoms with E-state index in [4.69, 9.17) is 34.8 Å². The van der Waals surface area contributed by atoms with Crippen molar-refractivity contribution in [3.05, 3.63) is 57.3 Å². The molecule has 0 aliphatic rings. The topological polar surface area (TPSA) is 33.0 Å². The maximum Gasteiger partial charge on any atom is 0.290 e. The number of carbonyl (C=O) groups excluding carboxylic acids is 1. The number of rotatable bonds is 3.